The summed E-state index contributed by atoms with van der Waals surface area (Å²) >= 11 is 5.53. The monoisotopic (exact) mass is 358 g/mol. The molecule has 0 fully saturated rings. The highest BCUT2D eigenvalue weighted by molar-refractivity contribution is 6.68. The molecule has 0 aliphatic rings. The summed E-state index contributed by atoms with van der Waals surface area (Å²) in [5.74, 6) is 0. The fourth-order valence-corrected chi connectivity index (χ4v) is 2.69. The average molecular weight is 359 g/mol. The van der Waals surface area contributed by atoms with Gasteiger partial charge in [0.25, 0.3) is 5.24 Å². The van der Waals surface area contributed by atoms with E-state index < -0.39 is 22.5 Å². The summed E-state index contributed by atoms with van der Waals surface area (Å²) in [4.78, 5) is 23.7. The standard InChI is InChI=1S/C16H14ClF3N2O2/c1-4-9-5-8(2)10(15(17)24)6-11(9)14-12(23)7-13(16(18,19)20)22(3)21-14/h5-7H,4H2,1-3H3. The molecule has 24 heavy (non-hydrogen) atoms. The molecule has 0 saturated heterocycles. The second kappa shape index (κ2) is 6.39. The van der Waals surface area contributed by atoms with E-state index in [1.165, 1.54) is 6.07 Å². The van der Waals surface area contributed by atoms with E-state index in [0.29, 0.717) is 33.9 Å². The highest BCUT2D eigenvalue weighted by Crippen LogP contribution is 2.29. The molecule has 2 rings (SSSR count). The normalized spacial score (nSPS) is 11.6. The van der Waals surface area contributed by atoms with Crippen molar-refractivity contribution in [1.29, 1.82) is 0 Å². The summed E-state index contributed by atoms with van der Waals surface area (Å²) < 4.78 is 39.2. The molecule has 0 aliphatic carbocycles. The number of aromatic nitrogens is 2. The van der Waals surface area contributed by atoms with Gasteiger partial charge >= 0.3 is 6.18 Å². The minimum absolute atomic E-state index is 0.151. The van der Waals surface area contributed by atoms with E-state index in [1.807, 2.05) is 6.92 Å². The smallest absolute Gasteiger partial charge is 0.287 e. The molecule has 0 unspecified atom stereocenters. The van der Waals surface area contributed by atoms with Gasteiger partial charge in [0.05, 0.1) is 0 Å². The SMILES string of the molecule is CCc1cc(C)c(C(=O)Cl)cc1-c1nn(C)c(C(F)(F)F)cc1=O. The Hall–Kier alpha value is -2.15. The summed E-state index contributed by atoms with van der Waals surface area (Å²) in [6.07, 6.45) is -4.17. The summed E-state index contributed by atoms with van der Waals surface area (Å²) in [7, 11) is 1.11. The van der Waals surface area contributed by atoms with Crippen molar-refractivity contribution >= 4 is 16.8 Å². The fourth-order valence-electron chi connectivity index (χ4n) is 2.48. The first-order chi connectivity index (χ1) is 11.1. The predicted octanol–water partition coefficient (Wildman–Crippen LogP) is 3.72. The summed E-state index contributed by atoms with van der Waals surface area (Å²) in [6.45, 7) is 3.52. The van der Waals surface area contributed by atoms with Crippen molar-refractivity contribution in [3.8, 4) is 11.3 Å². The number of benzene rings is 1. The first-order valence-electron chi connectivity index (χ1n) is 7.05. The van der Waals surface area contributed by atoms with E-state index in [0.717, 1.165) is 7.05 Å². The maximum Gasteiger partial charge on any atom is 0.433 e. The molecule has 0 radical (unpaired) electrons. The van der Waals surface area contributed by atoms with Gasteiger partial charge < -0.3 is 0 Å². The Kier molecular flexibility index (Phi) is 4.85. The average Bonchev–Trinajstić information content (AvgIpc) is 2.47. The molecular weight excluding hydrogens is 345 g/mol. The van der Waals surface area contributed by atoms with Crippen molar-refractivity contribution in [2.24, 2.45) is 7.05 Å². The van der Waals surface area contributed by atoms with E-state index in [-0.39, 0.29) is 11.3 Å². The molecule has 0 saturated carbocycles. The van der Waals surface area contributed by atoms with Crippen molar-refractivity contribution in [3.05, 3.63) is 50.8 Å². The number of hydrogen-bond acceptors (Lipinski definition) is 3. The molecule has 4 nitrogen and oxygen atoms in total. The number of aryl methyl sites for hydroxylation is 3. The van der Waals surface area contributed by atoms with Gasteiger partial charge in [-0.25, -0.2) is 0 Å². The molecular formula is C16H14ClF3N2O2. The Balaban J connectivity index is 2.77. The second-order valence-corrected chi connectivity index (χ2v) is 5.66. The van der Waals surface area contributed by atoms with Gasteiger partial charge in [0.1, 0.15) is 11.4 Å². The zero-order valence-electron chi connectivity index (χ0n) is 13.2. The Morgan fingerprint density at radius 2 is 1.92 bits per heavy atom. The van der Waals surface area contributed by atoms with Gasteiger partial charge in [-0.15, -0.1) is 0 Å². The Morgan fingerprint density at radius 1 is 1.29 bits per heavy atom. The molecule has 0 bridgehead atoms. The highest BCUT2D eigenvalue weighted by Gasteiger charge is 2.34. The van der Waals surface area contributed by atoms with E-state index in [4.69, 9.17) is 11.6 Å². The summed E-state index contributed by atoms with van der Waals surface area (Å²) in [5.41, 5.74) is -0.351. The van der Waals surface area contributed by atoms with Crippen LogP contribution >= 0.6 is 11.6 Å². The lowest BCUT2D eigenvalue weighted by molar-refractivity contribution is -0.144. The fraction of sp³-hybridized carbons (Fsp3) is 0.312. The molecule has 0 spiro atoms. The minimum atomic E-state index is -4.68. The van der Waals surface area contributed by atoms with Crippen LogP contribution in [0.15, 0.2) is 23.0 Å². The second-order valence-electron chi connectivity index (χ2n) is 5.32. The maximum absolute atomic E-state index is 12.9. The van der Waals surface area contributed by atoms with Crippen molar-refractivity contribution in [3.63, 3.8) is 0 Å². The summed E-state index contributed by atoms with van der Waals surface area (Å²) in [6, 6.07) is 3.59. The molecule has 1 heterocycles. The minimum Gasteiger partial charge on any atom is -0.287 e. The lowest BCUT2D eigenvalue weighted by Gasteiger charge is -2.15. The zero-order valence-corrected chi connectivity index (χ0v) is 13.9. The third-order valence-corrected chi connectivity index (χ3v) is 3.89. The Labute approximate surface area is 140 Å². The van der Waals surface area contributed by atoms with Crippen LogP contribution in [0.1, 0.15) is 34.1 Å². The predicted molar refractivity (Wildman–Crippen MR) is 84.2 cm³/mol. The lowest BCUT2D eigenvalue weighted by atomic mass is 9.95. The van der Waals surface area contributed by atoms with Crippen LogP contribution in [0.3, 0.4) is 0 Å². The molecule has 0 atom stereocenters. The van der Waals surface area contributed by atoms with Crippen LogP contribution in [-0.4, -0.2) is 15.0 Å². The van der Waals surface area contributed by atoms with Gasteiger partial charge in [-0.05, 0) is 42.1 Å². The van der Waals surface area contributed by atoms with Gasteiger partial charge in [-0.2, -0.15) is 18.3 Å². The number of halogens is 4. The molecule has 0 N–H and O–H groups in total. The van der Waals surface area contributed by atoms with Gasteiger partial charge in [0, 0.05) is 24.2 Å². The number of carbonyl (C=O) groups excluding carboxylic acids is 1. The quantitative estimate of drug-likeness (QED) is 0.786. The van der Waals surface area contributed by atoms with Crippen LogP contribution in [0.5, 0.6) is 0 Å². The Bertz CT molecular complexity index is 873. The van der Waals surface area contributed by atoms with E-state index in [1.54, 1.807) is 13.0 Å². The molecule has 1 aromatic carbocycles. The molecule has 0 aliphatic heterocycles. The van der Waals surface area contributed by atoms with Crippen LogP contribution in [0.2, 0.25) is 0 Å². The summed E-state index contributed by atoms with van der Waals surface area (Å²) in [5, 5.41) is 3.07. The number of nitrogens with zero attached hydrogens (tertiary/aromatic N) is 2. The number of hydrogen-bond donors (Lipinski definition) is 0. The van der Waals surface area contributed by atoms with Gasteiger partial charge in [0.2, 0.25) is 5.43 Å². The van der Waals surface area contributed by atoms with Crippen molar-refractivity contribution < 1.29 is 18.0 Å². The number of carbonyl (C=O) groups is 1. The third-order valence-electron chi connectivity index (χ3n) is 3.69. The topological polar surface area (TPSA) is 52.0 Å². The van der Waals surface area contributed by atoms with Crippen LogP contribution in [0.25, 0.3) is 11.3 Å². The molecule has 1 aromatic heterocycles. The first kappa shape index (κ1) is 18.2. The molecule has 2 aromatic rings. The molecule has 0 amide bonds. The van der Waals surface area contributed by atoms with E-state index in [9.17, 15) is 22.8 Å². The highest BCUT2D eigenvalue weighted by atomic mass is 35.5. The largest absolute Gasteiger partial charge is 0.433 e. The van der Waals surface area contributed by atoms with E-state index in [2.05, 4.69) is 5.10 Å². The van der Waals surface area contributed by atoms with Crippen LogP contribution < -0.4 is 5.43 Å². The van der Waals surface area contributed by atoms with Gasteiger partial charge in [-0.1, -0.05) is 13.0 Å². The zero-order chi connectivity index (χ0) is 18.2. The lowest BCUT2D eigenvalue weighted by Crippen LogP contribution is -2.23. The Morgan fingerprint density at radius 3 is 2.42 bits per heavy atom. The van der Waals surface area contributed by atoms with Crippen molar-refractivity contribution in [1.82, 2.24) is 9.78 Å². The maximum atomic E-state index is 12.9. The van der Waals surface area contributed by atoms with Crippen molar-refractivity contribution in [2.75, 3.05) is 0 Å². The van der Waals surface area contributed by atoms with Crippen molar-refractivity contribution in [2.45, 2.75) is 26.4 Å². The number of rotatable bonds is 3. The van der Waals surface area contributed by atoms with Crippen LogP contribution in [0, 0.1) is 6.92 Å². The van der Waals surface area contributed by atoms with Crippen LogP contribution in [0.4, 0.5) is 13.2 Å². The van der Waals surface area contributed by atoms with Gasteiger partial charge in [-0.3, -0.25) is 14.3 Å². The van der Waals surface area contributed by atoms with Crippen LogP contribution in [-0.2, 0) is 19.6 Å². The first-order valence-corrected chi connectivity index (χ1v) is 7.43. The molecule has 8 heteroatoms. The molecule has 128 valence electrons. The third kappa shape index (κ3) is 3.36. The number of alkyl halides is 3. The van der Waals surface area contributed by atoms with Gasteiger partial charge in [0.15, 0.2) is 0 Å². The van der Waals surface area contributed by atoms with E-state index >= 15 is 0 Å².